The third kappa shape index (κ3) is 3.17. The molecule has 2 unspecified atom stereocenters. The number of carbonyl (C=O) groups is 1. The zero-order valence-electron chi connectivity index (χ0n) is 14.6. The van der Waals surface area contributed by atoms with E-state index in [2.05, 4.69) is 13.0 Å². The number of fused-ring (bicyclic) bond motifs is 1. The van der Waals surface area contributed by atoms with E-state index in [1.807, 2.05) is 55.5 Å². The van der Waals surface area contributed by atoms with Gasteiger partial charge in [0.05, 0.1) is 10.9 Å². The summed E-state index contributed by atoms with van der Waals surface area (Å²) in [6.07, 6.45) is 3.05. The Balaban J connectivity index is 1.59. The molecule has 4 rings (SSSR count). The van der Waals surface area contributed by atoms with E-state index in [0.29, 0.717) is 9.23 Å². The molecule has 2 aliphatic rings. The third-order valence-electron chi connectivity index (χ3n) is 4.71. The molecule has 1 saturated heterocycles. The number of nitrogens with zero attached hydrogens (tertiary/aromatic N) is 1. The van der Waals surface area contributed by atoms with Crippen molar-refractivity contribution in [2.24, 2.45) is 0 Å². The molecule has 0 aliphatic carbocycles. The smallest absolute Gasteiger partial charge is 0.266 e. The van der Waals surface area contributed by atoms with Crippen LogP contribution in [0.2, 0.25) is 0 Å². The van der Waals surface area contributed by atoms with Gasteiger partial charge in [0.15, 0.2) is 0 Å². The summed E-state index contributed by atoms with van der Waals surface area (Å²) >= 11 is 6.86. The summed E-state index contributed by atoms with van der Waals surface area (Å²) in [6, 6.07) is 16.0. The molecule has 0 spiro atoms. The number of carbonyl (C=O) groups excluding carboxylic acids is 1. The van der Waals surface area contributed by atoms with Crippen LogP contribution in [0.5, 0.6) is 5.75 Å². The Morgan fingerprint density at radius 2 is 2.04 bits per heavy atom. The predicted octanol–water partition coefficient (Wildman–Crippen LogP) is 4.97. The van der Waals surface area contributed by atoms with Crippen LogP contribution >= 0.6 is 24.0 Å². The molecule has 26 heavy (non-hydrogen) atoms. The average molecular weight is 382 g/mol. The van der Waals surface area contributed by atoms with E-state index in [0.717, 1.165) is 23.3 Å². The van der Waals surface area contributed by atoms with Crippen LogP contribution < -0.4 is 4.74 Å². The van der Waals surface area contributed by atoms with Crippen LogP contribution in [0, 0.1) is 0 Å². The first-order valence-electron chi connectivity index (χ1n) is 8.64. The quantitative estimate of drug-likeness (QED) is 0.554. The van der Waals surface area contributed by atoms with Crippen molar-refractivity contribution < 1.29 is 9.53 Å². The fourth-order valence-electron chi connectivity index (χ4n) is 3.38. The van der Waals surface area contributed by atoms with Gasteiger partial charge in [-0.2, -0.15) is 0 Å². The van der Waals surface area contributed by atoms with E-state index < -0.39 is 0 Å². The van der Waals surface area contributed by atoms with Gasteiger partial charge in [-0.1, -0.05) is 60.4 Å². The van der Waals surface area contributed by atoms with Gasteiger partial charge in [-0.15, -0.1) is 0 Å². The van der Waals surface area contributed by atoms with Gasteiger partial charge in [0.2, 0.25) is 0 Å². The van der Waals surface area contributed by atoms with E-state index in [9.17, 15) is 4.79 Å². The minimum Gasteiger partial charge on any atom is -0.490 e. The Labute approximate surface area is 163 Å². The van der Waals surface area contributed by atoms with Crippen molar-refractivity contribution >= 4 is 40.3 Å². The molecule has 1 amide bonds. The maximum atomic E-state index is 12.9. The summed E-state index contributed by atoms with van der Waals surface area (Å²) in [7, 11) is 0. The van der Waals surface area contributed by atoms with E-state index in [4.69, 9.17) is 17.0 Å². The number of thiocarbonyl (C=S) groups is 1. The SMILES string of the molecule is CC1Cc2cc(C=C3SC(=S)N(C(C)c4ccccc4)C3=O)ccc2O1. The number of rotatable bonds is 3. The zero-order valence-corrected chi connectivity index (χ0v) is 16.3. The number of ether oxygens (including phenoxy) is 1. The predicted molar refractivity (Wildman–Crippen MR) is 110 cm³/mol. The van der Waals surface area contributed by atoms with Gasteiger partial charge in [0, 0.05) is 6.42 Å². The van der Waals surface area contributed by atoms with E-state index >= 15 is 0 Å². The molecule has 2 aliphatic heterocycles. The maximum absolute atomic E-state index is 12.9. The van der Waals surface area contributed by atoms with Gasteiger partial charge in [0.1, 0.15) is 16.2 Å². The van der Waals surface area contributed by atoms with Crippen molar-refractivity contribution in [3.05, 3.63) is 70.1 Å². The maximum Gasteiger partial charge on any atom is 0.266 e. The normalized spacial score (nSPS) is 21.8. The monoisotopic (exact) mass is 381 g/mol. The van der Waals surface area contributed by atoms with Crippen molar-refractivity contribution in [1.82, 2.24) is 4.90 Å². The minimum atomic E-state index is -0.0797. The van der Waals surface area contributed by atoms with Gasteiger partial charge >= 0.3 is 0 Å². The van der Waals surface area contributed by atoms with Gasteiger partial charge in [-0.25, -0.2) is 0 Å². The average Bonchev–Trinajstić information content (AvgIpc) is 3.13. The number of thioether (sulfide) groups is 1. The number of benzene rings is 2. The first kappa shape index (κ1) is 17.3. The highest BCUT2D eigenvalue weighted by Gasteiger charge is 2.36. The molecule has 2 aromatic carbocycles. The zero-order chi connectivity index (χ0) is 18.3. The standard InChI is InChI=1S/C21H19NO2S2/c1-13-10-17-11-15(8-9-18(17)24-13)12-19-20(23)22(21(25)26-19)14(2)16-6-4-3-5-7-16/h3-9,11-14H,10H2,1-2H3. The van der Waals surface area contributed by atoms with Crippen LogP contribution in [0.4, 0.5) is 0 Å². The summed E-state index contributed by atoms with van der Waals surface area (Å²) in [6.45, 7) is 4.08. The van der Waals surface area contributed by atoms with Crippen molar-refractivity contribution in [3.8, 4) is 5.75 Å². The Morgan fingerprint density at radius 3 is 2.81 bits per heavy atom. The Morgan fingerprint density at radius 1 is 1.27 bits per heavy atom. The largest absolute Gasteiger partial charge is 0.490 e. The van der Waals surface area contributed by atoms with E-state index in [1.165, 1.54) is 17.3 Å². The highest BCUT2D eigenvalue weighted by atomic mass is 32.2. The summed E-state index contributed by atoms with van der Waals surface area (Å²) in [4.78, 5) is 15.3. The molecule has 5 heteroatoms. The second-order valence-corrected chi connectivity index (χ2v) is 8.31. The molecular weight excluding hydrogens is 362 g/mol. The van der Waals surface area contributed by atoms with Crippen LogP contribution in [0.3, 0.4) is 0 Å². The van der Waals surface area contributed by atoms with E-state index in [-0.39, 0.29) is 18.1 Å². The minimum absolute atomic E-state index is 0.0264. The van der Waals surface area contributed by atoms with Crippen LogP contribution in [0.25, 0.3) is 6.08 Å². The molecule has 0 aromatic heterocycles. The van der Waals surface area contributed by atoms with Crippen LogP contribution in [-0.4, -0.2) is 21.2 Å². The summed E-state index contributed by atoms with van der Waals surface area (Å²) in [5.41, 5.74) is 3.28. The molecule has 2 atom stereocenters. The topological polar surface area (TPSA) is 29.5 Å². The second-order valence-electron chi connectivity index (χ2n) is 6.64. The fourth-order valence-corrected chi connectivity index (χ4v) is 4.80. The lowest BCUT2D eigenvalue weighted by atomic mass is 10.1. The lowest BCUT2D eigenvalue weighted by Crippen LogP contribution is -2.30. The lowest BCUT2D eigenvalue weighted by molar-refractivity contribution is -0.123. The Kier molecular flexibility index (Phi) is 4.59. The van der Waals surface area contributed by atoms with Gasteiger partial charge in [0.25, 0.3) is 5.91 Å². The molecular formula is C21H19NO2S2. The number of hydrogen-bond acceptors (Lipinski definition) is 4. The fraction of sp³-hybridized carbons (Fsp3) is 0.238. The molecule has 3 nitrogen and oxygen atoms in total. The molecule has 2 heterocycles. The van der Waals surface area contributed by atoms with E-state index in [1.54, 1.807) is 4.90 Å². The molecule has 132 valence electrons. The number of hydrogen-bond donors (Lipinski definition) is 0. The number of amides is 1. The van der Waals surface area contributed by atoms with Crippen molar-refractivity contribution in [1.29, 1.82) is 0 Å². The molecule has 0 saturated carbocycles. The first-order chi connectivity index (χ1) is 12.5. The van der Waals surface area contributed by atoms with Crippen LogP contribution in [0.15, 0.2) is 53.4 Å². The second kappa shape index (κ2) is 6.89. The van der Waals surface area contributed by atoms with Gasteiger partial charge in [-0.05, 0) is 48.7 Å². The molecule has 0 N–H and O–H groups in total. The third-order valence-corrected chi connectivity index (χ3v) is 6.04. The van der Waals surface area contributed by atoms with Crippen LogP contribution in [0.1, 0.15) is 36.6 Å². The molecule has 0 radical (unpaired) electrons. The van der Waals surface area contributed by atoms with Gasteiger partial charge in [-0.3, -0.25) is 9.69 Å². The molecule has 0 bridgehead atoms. The van der Waals surface area contributed by atoms with Gasteiger partial charge < -0.3 is 4.74 Å². The summed E-state index contributed by atoms with van der Waals surface area (Å²) in [5, 5.41) is 0. The van der Waals surface area contributed by atoms with Crippen molar-refractivity contribution in [2.45, 2.75) is 32.4 Å². The molecule has 1 fully saturated rings. The first-order valence-corrected chi connectivity index (χ1v) is 9.87. The highest BCUT2D eigenvalue weighted by Crippen LogP contribution is 2.38. The summed E-state index contributed by atoms with van der Waals surface area (Å²) in [5.74, 6) is 0.918. The van der Waals surface area contributed by atoms with Crippen molar-refractivity contribution in [3.63, 3.8) is 0 Å². The lowest BCUT2D eigenvalue weighted by Gasteiger charge is -2.23. The summed E-state index contributed by atoms with van der Waals surface area (Å²) < 4.78 is 6.35. The van der Waals surface area contributed by atoms with Crippen molar-refractivity contribution in [2.75, 3.05) is 0 Å². The molecule has 2 aromatic rings. The van der Waals surface area contributed by atoms with Crippen LogP contribution in [-0.2, 0) is 11.2 Å². The Hall–Kier alpha value is -2.11. The highest BCUT2D eigenvalue weighted by molar-refractivity contribution is 8.26. The Bertz CT molecular complexity index is 907.